The average Bonchev–Trinajstić information content (AvgIpc) is 3.10. The lowest BCUT2D eigenvalue weighted by Crippen LogP contribution is -2.44. The summed E-state index contributed by atoms with van der Waals surface area (Å²) in [4.78, 5) is 35.1. The van der Waals surface area contributed by atoms with E-state index in [-0.39, 0.29) is 18.9 Å². The van der Waals surface area contributed by atoms with Gasteiger partial charge in [-0.2, -0.15) is 0 Å². The molecule has 22 heavy (non-hydrogen) atoms. The molecule has 0 radical (unpaired) electrons. The van der Waals surface area contributed by atoms with Crippen molar-refractivity contribution in [1.29, 1.82) is 0 Å². The molecule has 2 aromatic heterocycles. The van der Waals surface area contributed by atoms with E-state index in [0.717, 1.165) is 10.7 Å². The number of ether oxygens (including phenoxy) is 1. The van der Waals surface area contributed by atoms with E-state index in [1.165, 1.54) is 17.7 Å². The number of aromatic nitrogens is 3. The molecule has 1 unspecified atom stereocenters. The summed E-state index contributed by atoms with van der Waals surface area (Å²) < 4.78 is 5.01. The maximum absolute atomic E-state index is 12.1. The molecule has 118 valence electrons. The number of esters is 1. The zero-order valence-electron chi connectivity index (χ0n) is 12.5. The Balaban J connectivity index is 1.98. The molecular formula is C14H18N4O3S. The van der Waals surface area contributed by atoms with E-state index in [4.69, 9.17) is 4.74 Å². The summed E-state index contributed by atoms with van der Waals surface area (Å²) in [7, 11) is 0. The van der Waals surface area contributed by atoms with Gasteiger partial charge in [0.05, 0.1) is 30.1 Å². The van der Waals surface area contributed by atoms with E-state index >= 15 is 0 Å². The number of aryl methyl sites for hydroxylation is 1. The lowest BCUT2D eigenvalue weighted by Gasteiger charge is -2.16. The number of carbonyl (C=O) groups is 2. The molecule has 2 aromatic rings. The molecule has 0 saturated carbocycles. The van der Waals surface area contributed by atoms with Crippen molar-refractivity contribution < 1.29 is 14.3 Å². The fraction of sp³-hybridized carbons (Fsp3) is 0.429. The van der Waals surface area contributed by atoms with Crippen molar-refractivity contribution in [3.8, 4) is 0 Å². The molecule has 8 heteroatoms. The Kier molecular flexibility index (Phi) is 5.65. The second-order valence-corrected chi connectivity index (χ2v) is 5.75. The molecule has 2 N–H and O–H groups in total. The van der Waals surface area contributed by atoms with Gasteiger partial charge in [-0.1, -0.05) is 0 Å². The molecule has 0 fully saturated rings. The van der Waals surface area contributed by atoms with Gasteiger partial charge in [0.1, 0.15) is 6.04 Å². The van der Waals surface area contributed by atoms with Crippen molar-refractivity contribution in [2.75, 3.05) is 6.61 Å². The molecule has 2 heterocycles. The van der Waals surface area contributed by atoms with Crippen LogP contribution in [0.3, 0.4) is 0 Å². The van der Waals surface area contributed by atoms with E-state index in [9.17, 15) is 9.59 Å². The Bertz CT molecular complexity index is 624. The van der Waals surface area contributed by atoms with Gasteiger partial charge in [0, 0.05) is 23.7 Å². The lowest BCUT2D eigenvalue weighted by molar-refractivity contribution is -0.147. The zero-order chi connectivity index (χ0) is 15.9. The highest BCUT2D eigenvalue weighted by Crippen LogP contribution is 2.09. The number of thiazole rings is 1. The molecule has 0 bridgehead atoms. The molecule has 0 aliphatic heterocycles. The standard InChI is InChI=1S/C14H18N4O3S/c1-3-21-14(20)12(4-10-6-15-8-16-10)18-13(19)5-11-7-22-9(2)17-11/h6-8,12H,3-5H2,1-2H3,(H,15,16)(H,18,19). The molecule has 0 aliphatic carbocycles. The normalized spacial score (nSPS) is 11.9. The average molecular weight is 322 g/mol. The first-order valence-electron chi connectivity index (χ1n) is 6.92. The lowest BCUT2D eigenvalue weighted by atomic mass is 10.1. The number of H-pyrrole nitrogens is 1. The first kappa shape index (κ1) is 16.2. The maximum atomic E-state index is 12.1. The van der Waals surface area contributed by atoms with Crippen LogP contribution in [0.1, 0.15) is 23.3 Å². The summed E-state index contributed by atoms with van der Waals surface area (Å²) in [5.74, 6) is -0.720. The Morgan fingerprint density at radius 2 is 2.32 bits per heavy atom. The van der Waals surface area contributed by atoms with Crippen LogP contribution in [0.5, 0.6) is 0 Å². The van der Waals surface area contributed by atoms with Gasteiger partial charge >= 0.3 is 5.97 Å². The van der Waals surface area contributed by atoms with Crippen molar-refractivity contribution in [3.63, 3.8) is 0 Å². The van der Waals surface area contributed by atoms with Gasteiger partial charge in [0.25, 0.3) is 0 Å². The van der Waals surface area contributed by atoms with Crippen LogP contribution >= 0.6 is 11.3 Å². The minimum absolute atomic E-state index is 0.142. The Morgan fingerprint density at radius 1 is 1.50 bits per heavy atom. The molecule has 1 amide bonds. The third kappa shape index (κ3) is 4.66. The molecule has 0 aromatic carbocycles. The van der Waals surface area contributed by atoms with Crippen LogP contribution in [-0.4, -0.2) is 39.5 Å². The quantitative estimate of drug-likeness (QED) is 0.742. The van der Waals surface area contributed by atoms with Crippen LogP contribution in [0, 0.1) is 6.92 Å². The second kappa shape index (κ2) is 7.69. The van der Waals surface area contributed by atoms with Gasteiger partial charge in [0.15, 0.2) is 0 Å². The molecule has 7 nitrogen and oxygen atoms in total. The summed E-state index contributed by atoms with van der Waals surface area (Å²) >= 11 is 1.49. The number of hydrogen-bond acceptors (Lipinski definition) is 6. The topological polar surface area (TPSA) is 97.0 Å². The second-order valence-electron chi connectivity index (χ2n) is 4.69. The van der Waals surface area contributed by atoms with Gasteiger partial charge in [-0.15, -0.1) is 11.3 Å². The summed E-state index contributed by atoms with van der Waals surface area (Å²) in [6.45, 7) is 3.87. The smallest absolute Gasteiger partial charge is 0.329 e. The first-order valence-corrected chi connectivity index (χ1v) is 7.80. The highest BCUT2D eigenvalue weighted by Gasteiger charge is 2.23. The Labute approximate surface area is 132 Å². The van der Waals surface area contributed by atoms with Gasteiger partial charge in [-0.25, -0.2) is 14.8 Å². The van der Waals surface area contributed by atoms with E-state index in [2.05, 4.69) is 20.3 Å². The minimum Gasteiger partial charge on any atom is -0.464 e. The van der Waals surface area contributed by atoms with Gasteiger partial charge in [-0.05, 0) is 13.8 Å². The van der Waals surface area contributed by atoms with Crippen LogP contribution in [0.15, 0.2) is 17.9 Å². The number of imidazole rings is 1. The van der Waals surface area contributed by atoms with Crippen LogP contribution in [0.4, 0.5) is 0 Å². The molecule has 0 spiro atoms. The summed E-state index contributed by atoms with van der Waals surface area (Å²) in [5, 5.41) is 5.44. The number of nitrogens with zero attached hydrogens (tertiary/aromatic N) is 2. The predicted octanol–water partition coefficient (Wildman–Crippen LogP) is 1.01. The highest BCUT2D eigenvalue weighted by atomic mass is 32.1. The van der Waals surface area contributed by atoms with Crippen LogP contribution in [0.25, 0.3) is 0 Å². The van der Waals surface area contributed by atoms with Gasteiger partial charge < -0.3 is 15.0 Å². The summed E-state index contributed by atoms with van der Waals surface area (Å²) in [6, 6.07) is -0.743. The molecule has 0 saturated heterocycles. The van der Waals surface area contributed by atoms with Gasteiger partial charge in [-0.3, -0.25) is 4.79 Å². The Hall–Kier alpha value is -2.22. The van der Waals surface area contributed by atoms with Crippen molar-refractivity contribution in [1.82, 2.24) is 20.3 Å². The van der Waals surface area contributed by atoms with Crippen LogP contribution in [-0.2, 0) is 27.2 Å². The van der Waals surface area contributed by atoms with Crippen molar-refractivity contribution in [3.05, 3.63) is 34.3 Å². The molecule has 1 atom stereocenters. The molecule has 0 aliphatic rings. The van der Waals surface area contributed by atoms with Crippen LogP contribution in [0.2, 0.25) is 0 Å². The van der Waals surface area contributed by atoms with E-state index in [0.29, 0.717) is 12.1 Å². The zero-order valence-corrected chi connectivity index (χ0v) is 13.3. The third-order valence-electron chi connectivity index (χ3n) is 2.89. The number of aromatic amines is 1. The van der Waals surface area contributed by atoms with Crippen molar-refractivity contribution >= 4 is 23.2 Å². The number of amides is 1. The van der Waals surface area contributed by atoms with Gasteiger partial charge in [0.2, 0.25) is 5.91 Å². The Morgan fingerprint density at radius 3 is 2.91 bits per heavy atom. The van der Waals surface area contributed by atoms with E-state index < -0.39 is 12.0 Å². The number of nitrogens with one attached hydrogen (secondary N) is 2. The molecular weight excluding hydrogens is 304 g/mol. The largest absolute Gasteiger partial charge is 0.464 e. The number of carbonyl (C=O) groups excluding carboxylic acids is 2. The maximum Gasteiger partial charge on any atom is 0.329 e. The fourth-order valence-electron chi connectivity index (χ4n) is 1.95. The predicted molar refractivity (Wildman–Crippen MR) is 81.4 cm³/mol. The summed E-state index contributed by atoms with van der Waals surface area (Å²) in [6.07, 6.45) is 3.59. The fourth-order valence-corrected chi connectivity index (χ4v) is 2.56. The number of rotatable bonds is 7. The third-order valence-corrected chi connectivity index (χ3v) is 3.72. The molecule has 2 rings (SSSR count). The van der Waals surface area contributed by atoms with Crippen LogP contribution < -0.4 is 5.32 Å². The first-order chi connectivity index (χ1) is 10.6. The monoisotopic (exact) mass is 322 g/mol. The highest BCUT2D eigenvalue weighted by molar-refractivity contribution is 7.09. The SMILES string of the molecule is CCOC(=O)C(Cc1cnc[nH]1)NC(=O)Cc1csc(C)n1. The van der Waals surface area contributed by atoms with Crippen molar-refractivity contribution in [2.45, 2.75) is 32.7 Å². The number of hydrogen-bond donors (Lipinski definition) is 2. The van der Waals surface area contributed by atoms with Crippen molar-refractivity contribution in [2.24, 2.45) is 0 Å². The van der Waals surface area contributed by atoms with E-state index in [1.807, 2.05) is 12.3 Å². The van der Waals surface area contributed by atoms with E-state index in [1.54, 1.807) is 13.1 Å². The minimum atomic E-state index is -0.743. The summed E-state index contributed by atoms with van der Waals surface area (Å²) in [5.41, 5.74) is 1.45.